The average molecular weight is 339 g/mol. The first-order valence-electron chi connectivity index (χ1n) is 9.02. The molecule has 1 aliphatic carbocycles. The van der Waals surface area contributed by atoms with Crippen molar-refractivity contribution in [2.75, 3.05) is 6.54 Å². The van der Waals surface area contributed by atoms with Crippen LogP contribution in [0.2, 0.25) is 0 Å². The molecule has 0 saturated heterocycles. The van der Waals surface area contributed by atoms with Crippen molar-refractivity contribution < 1.29 is 14.3 Å². The Morgan fingerprint density at radius 2 is 2.00 bits per heavy atom. The minimum atomic E-state index is -0.550. The molecular weight excluding hydrogens is 314 g/mol. The molecule has 132 valence electrons. The second kappa shape index (κ2) is 5.73. The van der Waals surface area contributed by atoms with Gasteiger partial charge in [-0.2, -0.15) is 0 Å². The number of benzene rings is 1. The maximum Gasteiger partial charge on any atom is 0.290 e. The Morgan fingerprint density at radius 1 is 1.28 bits per heavy atom. The fourth-order valence-corrected chi connectivity index (χ4v) is 4.30. The zero-order chi connectivity index (χ0) is 17.8. The summed E-state index contributed by atoms with van der Waals surface area (Å²) >= 11 is 0. The molecule has 2 heterocycles. The van der Waals surface area contributed by atoms with Gasteiger partial charge >= 0.3 is 0 Å². The Bertz CT molecular complexity index is 834. The number of aliphatic hydroxyl groups excluding tert-OH is 1. The van der Waals surface area contributed by atoms with E-state index in [0.717, 1.165) is 29.7 Å². The van der Waals surface area contributed by atoms with E-state index in [1.54, 1.807) is 0 Å². The molecule has 1 aromatic heterocycles. The Hall–Kier alpha value is -2.07. The van der Waals surface area contributed by atoms with Crippen molar-refractivity contribution in [1.82, 2.24) is 4.90 Å². The highest BCUT2D eigenvalue weighted by atomic mass is 16.4. The van der Waals surface area contributed by atoms with Crippen molar-refractivity contribution >= 4 is 5.91 Å². The van der Waals surface area contributed by atoms with Crippen LogP contribution in [0.1, 0.15) is 64.9 Å². The van der Waals surface area contributed by atoms with Crippen LogP contribution in [-0.4, -0.2) is 22.5 Å². The van der Waals surface area contributed by atoms with E-state index >= 15 is 0 Å². The summed E-state index contributed by atoms with van der Waals surface area (Å²) in [6.07, 6.45) is 1.78. The Balaban J connectivity index is 1.64. The van der Waals surface area contributed by atoms with E-state index < -0.39 is 6.10 Å². The van der Waals surface area contributed by atoms with Crippen molar-refractivity contribution in [2.45, 2.75) is 52.7 Å². The Morgan fingerprint density at radius 3 is 2.76 bits per heavy atom. The molecule has 0 spiro atoms. The van der Waals surface area contributed by atoms with Gasteiger partial charge in [-0.05, 0) is 36.3 Å². The van der Waals surface area contributed by atoms with Crippen LogP contribution < -0.4 is 0 Å². The van der Waals surface area contributed by atoms with Crippen molar-refractivity contribution in [3.63, 3.8) is 0 Å². The predicted octanol–water partition coefficient (Wildman–Crippen LogP) is 3.79. The first-order chi connectivity index (χ1) is 11.9. The van der Waals surface area contributed by atoms with Crippen LogP contribution in [0.3, 0.4) is 0 Å². The maximum absolute atomic E-state index is 13.1. The molecule has 0 radical (unpaired) electrons. The Labute approximate surface area is 148 Å². The molecule has 2 aromatic rings. The van der Waals surface area contributed by atoms with Gasteiger partial charge in [-0.15, -0.1) is 0 Å². The molecule has 2 aliphatic rings. The molecule has 1 aromatic carbocycles. The second-order valence-electron chi connectivity index (χ2n) is 8.20. The number of hydrogen-bond acceptors (Lipinski definition) is 3. The maximum atomic E-state index is 13.1. The topological polar surface area (TPSA) is 53.7 Å². The number of nitrogens with zero attached hydrogens (tertiary/aromatic N) is 1. The molecule has 4 rings (SSSR count). The monoisotopic (exact) mass is 339 g/mol. The van der Waals surface area contributed by atoms with Crippen LogP contribution in [0, 0.1) is 12.3 Å². The normalized spacial score (nSPS) is 21.6. The van der Waals surface area contributed by atoms with E-state index in [1.807, 2.05) is 24.0 Å². The molecule has 4 heteroatoms. The zero-order valence-electron chi connectivity index (χ0n) is 15.1. The van der Waals surface area contributed by atoms with E-state index in [9.17, 15) is 9.90 Å². The molecule has 25 heavy (non-hydrogen) atoms. The summed E-state index contributed by atoms with van der Waals surface area (Å²) in [5.41, 5.74) is 4.15. The third-order valence-electron chi connectivity index (χ3n) is 5.60. The van der Waals surface area contributed by atoms with E-state index in [1.165, 1.54) is 11.1 Å². The molecule has 1 atom stereocenters. The summed E-state index contributed by atoms with van der Waals surface area (Å²) in [5.74, 6) is 1.12. The Kier molecular flexibility index (Phi) is 3.76. The molecule has 0 bridgehead atoms. The van der Waals surface area contributed by atoms with Gasteiger partial charge < -0.3 is 14.4 Å². The molecule has 1 N–H and O–H groups in total. The largest absolute Gasteiger partial charge is 0.455 e. The summed E-state index contributed by atoms with van der Waals surface area (Å²) in [6.45, 7) is 7.47. The van der Waals surface area contributed by atoms with E-state index in [4.69, 9.17) is 4.42 Å². The molecule has 1 amide bonds. The smallest absolute Gasteiger partial charge is 0.290 e. The van der Waals surface area contributed by atoms with E-state index in [0.29, 0.717) is 25.3 Å². The number of hydrogen-bond donors (Lipinski definition) is 1. The van der Waals surface area contributed by atoms with Crippen LogP contribution in [-0.2, 0) is 19.4 Å². The van der Waals surface area contributed by atoms with Crippen molar-refractivity contribution in [3.8, 4) is 0 Å². The molecule has 0 saturated carbocycles. The molecular formula is C21H25NO3. The van der Waals surface area contributed by atoms with Gasteiger partial charge in [0.25, 0.3) is 5.91 Å². The fraction of sp³-hybridized carbons (Fsp3) is 0.476. The van der Waals surface area contributed by atoms with E-state index in [2.05, 4.69) is 26.0 Å². The first-order valence-corrected chi connectivity index (χ1v) is 9.02. The molecule has 0 unspecified atom stereocenters. The standard InChI is InChI=1S/C21H25NO3/c1-13-18-16(23)10-21(2,3)11-17(18)25-19(13)20(24)22-9-8-14-6-4-5-7-15(14)12-22/h4-7,16,23H,8-12H2,1-3H3/t16-/m1/s1. The van der Waals surface area contributed by atoms with Crippen molar-refractivity contribution in [1.29, 1.82) is 0 Å². The van der Waals surface area contributed by atoms with Gasteiger partial charge in [-0.1, -0.05) is 38.1 Å². The number of carbonyl (C=O) groups excluding carboxylic acids is 1. The summed E-state index contributed by atoms with van der Waals surface area (Å²) in [7, 11) is 0. The third-order valence-corrected chi connectivity index (χ3v) is 5.60. The molecule has 1 aliphatic heterocycles. The third kappa shape index (κ3) is 2.78. The highest BCUT2D eigenvalue weighted by Crippen LogP contribution is 2.44. The minimum Gasteiger partial charge on any atom is -0.455 e. The average Bonchev–Trinajstić information content (AvgIpc) is 2.89. The first kappa shape index (κ1) is 16.4. The number of amides is 1. The van der Waals surface area contributed by atoms with Gasteiger partial charge in [0.2, 0.25) is 0 Å². The minimum absolute atomic E-state index is 0.0128. The summed E-state index contributed by atoms with van der Waals surface area (Å²) in [5, 5.41) is 10.5. The number of fused-ring (bicyclic) bond motifs is 2. The highest BCUT2D eigenvalue weighted by molar-refractivity contribution is 5.93. The van der Waals surface area contributed by atoms with Gasteiger partial charge in [-0.3, -0.25) is 4.79 Å². The lowest BCUT2D eigenvalue weighted by Crippen LogP contribution is -2.36. The van der Waals surface area contributed by atoms with Gasteiger partial charge in [0.1, 0.15) is 5.76 Å². The second-order valence-corrected chi connectivity index (χ2v) is 8.20. The van der Waals surface area contributed by atoms with E-state index in [-0.39, 0.29) is 11.3 Å². The number of rotatable bonds is 1. The predicted molar refractivity (Wildman–Crippen MR) is 95.4 cm³/mol. The number of aliphatic hydroxyl groups is 1. The zero-order valence-corrected chi connectivity index (χ0v) is 15.1. The van der Waals surface area contributed by atoms with Gasteiger partial charge in [0.15, 0.2) is 5.76 Å². The lowest BCUT2D eigenvalue weighted by atomic mass is 9.75. The van der Waals surface area contributed by atoms with Gasteiger partial charge in [0.05, 0.1) is 6.10 Å². The summed E-state index contributed by atoms with van der Waals surface area (Å²) in [6, 6.07) is 8.28. The van der Waals surface area contributed by atoms with Crippen molar-refractivity contribution in [3.05, 3.63) is 58.0 Å². The van der Waals surface area contributed by atoms with Crippen LogP contribution in [0.15, 0.2) is 28.7 Å². The lowest BCUT2D eigenvalue weighted by molar-refractivity contribution is 0.0692. The van der Waals surface area contributed by atoms with Gasteiger partial charge in [0, 0.05) is 30.6 Å². The highest BCUT2D eigenvalue weighted by Gasteiger charge is 2.38. The molecule has 4 nitrogen and oxygen atoms in total. The molecule has 0 fully saturated rings. The summed E-state index contributed by atoms with van der Waals surface area (Å²) < 4.78 is 5.99. The van der Waals surface area contributed by atoms with Crippen LogP contribution in [0.4, 0.5) is 0 Å². The van der Waals surface area contributed by atoms with Crippen LogP contribution in [0.25, 0.3) is 0 Å². The SMILES string of the molecule is Cc1c(C(=O)N2CCc3ccccc3C2)oc2c1[C@H](O)CC(C)(C)C2. The van der Waals surface area contributed by atoms with Crippen LogP contribution in [0.5, 0.6) is 0 Å². The number of carbonyl (C=O) groups is 1. The lowest BCUT2D eigenvalue weighted by Gasteiger charge is -2.31. The summed E-state index contributed by atoms with van der Waals surface area (Å²) in [4.78, 5) is 14.9. The fourth-order valence-electron chi connectivity index (χ4n) is 4.30. The quantitative estimate of drug-likeness (QED) is 0.860. The number of furan rings is 1. The van der Waals surface area contributed by atoms with Gasteiger partial charge in [-0.25, -0.2) is 0 Å². The van der Waals surface area contributed by atoms with Crippen molar-refractivity contribution in [2.24, 2.45) is 5.41 Å². The van der Waals surface area contributed by atoms with Crippen LogP contribution >= 0.6 is 0 Å².